The van der Waals surface area contributed by atoms with Gasteiger partial charge in [-0.05, 0) is 36.1 Å². The van der Waals surface area contributed by atoms with E-state index < -0.39 is 0 Å². The number of hydrogen-bond acceptors (Lipinski definition) is 0. The van der Waals surface area contributed by atoms with E-state index in [1.165, 1.54) is 6.07 Å². The van der Waals surface area contributed by atoms with Crippen LogP contribution in [0.2, 0.25) is 0 Å². The average molecular weight is 189 g/mol. The first-order chi connectivity index (χ1) is 6.81. The summed E-state index contributed by atoms with van der Waals surface area (Å²) in [6.45, 7) is 4.53. The molecule has 0 aliphatic carbocycles. The van der Waals surface area contributed by atoms with Gasteiger partial charge in [-0.2, -0.15) is 0 Å². The van der Waals surface area contributed by atoms with Crippen LogP contribution in [0.5, 0.6) is 0 Å². The van der Waals surface area contributed by atoms with Crippen LogP contribution in [0.15, 0.2) is 43.1 Å². The Balaban J connectivity index is 2.44. The normalized spacial score (nSPS) is 10.6. The summed E-state index contributed by atoms with van der Waals surface area (Å²) >= 11 is 0. The second-order valence-corrected chi connectivity index (χ2v) is 3.29. The molecule has 2 heteroatoms. The van der Waals surface area contributed by atoms with Gasteiger partial charge in [-0.1, -0.05) is 6.08 Å². The highest BCUT2D eigenvalue weighted by atomic mass is 19.1. The van der Waals surface area contributed by atoms with E-state index >= 15 is 0 Å². The Kier molecular flexibility index (Phi) is 2.35. The standard InChI is InChI=1S/C12H12FN/c1-2-3-7-14-8-6-10-4-5-11(13)9-12(10)14/h2,4-6,8-9H,1,3,7H2. The lowest BCUT2D eigenvalue weighted by molar-refractivity contribution is 0.627. The first-order valence-electron chi connectivity index (χ1n) is 4.66. The highest BCUT2D eigenvalue weighted by Crippen LogP contribution is 2.17. The van der Waals surface area contributed by atoms with E-state index in [9.17, 15) is 4.39 Å². The zero-order valence-corrected chi connectivity index (χ0v) is 7.91. The maximum atomic E-state index is 13.0. The van der Waals surface area contributed by atoms with Crippen LogP contribution >= 0.6 is 0 Å². The van der Waals surface area contributed by atoms with Crippen LogP contribution < -0.4 is 0 Å². The highest BCUT2D eigenvalue weighted by molar-refractivity contribution is 5.80. The zero-order valence-electron chi connectivity index (χ0n) is 7.91. The van der Waals surface area contributed by atoms with Gasteiger partial charge in [0.05, 0.1) is 5.52 Å². The minimum absolute atomic E-state index is 0.184. The molecule has 0 aliphatic rings. The summed E-state index contributed by atoms with van der Waals surface area (Å²) in [4.78, 5) is 0. The molecule has 0 unspecified atom stereocenters. The van der Waals surface area contributed by atoms with E-state index in [1.807, 2.05) is 22.9 Å². The highest BCUT2D eigenvalue weighted by Gasteiger charge is 2.00. The molecule has 0 saturated heterocycles. The fourth-order valence-electron chi connectivity index (χ4n) is 1.58. The monoisotopic (exact) mass is 189 g/mol. The van der Waals surface area contributed by atoms with E-state index in [0.717, 1.165) is 23.9 Å². The molecule has 0 amide bonds. The molecule has 0 spiro atoms. The van der Waals surface area contributed by atoms with Crippen LogP contribution in [0.25, 0.3) is 10.9 Å². The fourth-order valence-corrected chi connectivity index (χ4v) is 1.58. The van der Waals surface area contributed by atoms with Crippen molar-refractivity contribution in [3.8, 4) is 0 Å². The molecular weight excluding hydrogens is 177 g/mol. The minimum Gasteiger partial charge on any atom is -0.347 e. The van der Waals surface area contributed by atoms with Gasteiger partial charge in [-0.3, -0.25) is 0 Å². The molecule has 0 radical (unpaired) electrons. The third-order valence-electron chi connectivity index (χ3n) is 2.31. The molecule has 0 fully saturated rings. The number of aryl methyl sites for hydroxylation is 1. The first-order valence-corrected chi connectivity index (χ1v) is 4.66. The van der Waals surface area contributed by atoms with Gasteiger partial charge in [0.2, 0.25) is 0 Å². The summed E-state index contributed by atoms with van der Waals surface area (Å²) in [5.41, 5.74) is 0.951. The maximum absolute atomic E-state index is 13.0. The molecular formula is C12H12FN. The number of aromatic nitrogens is 1. The molecule has 0 atom stereocenters. The third-order valence-corrected chi connectivity index (χ3v) is 2.31. The predicted molar refractivity (Wildman–Crippen MR) is 56.7 cm³/mol. The van der Waals surface area contributed by atoms with Crippen LogP contribution in [-0.2, 0) is 6.54 Å². The van der Waals surface area contributed by atoms with Gasteiger partial charge < -0.3 is 4.57 Å². The Bertz CT molecular complexity index is 456. The maximum Gasteiger partial charge on any atom is 0.125 e. The Hall–Kier alpha value is -1.57. The van der Waals surface area contributed by atoms with Gasteiger partial charge in [0, 0.05) is 12.7 Å². The van der Waals surface area contributed by atoms with Gasteiger partial charge in [0.25, 0.3) is 0 Å². The predicted octanol–water partition coefficient (Wildman–Crippen LogP) is 3.36. The minimum atomic E-state index is -0.184. The van der Waals surface area contributed by atoms with Crippen molar-refractivity contribution in [3.63, 3.8) is 0 Å². The molecule has 0 bridgehead atoms. The summed E-state index contributed by atoms with van der Waals surface area (Å²) in [5.74, 6) is -0.184. The average Bonchev–Trinajstić information content (AvgIpc) is 2.57. The molecule has 1 nitrogen and oxygen atoms in total. The summed E-state index contributed by atoms with van der Waals surface area (Å²) < 4.78 is 15.0. The molecule has 2 aromatic rings. The Morgan fingerprint density at radius 1 is 1.36 bits per heavy atom. The van der Waals surface area contributed by atoms with Gasteiger partial charge >= 0.3 is 0 Å². The zero-order chi connectivity index (χ0) is 9.97. The van der Waals surface area contributed by atoms with Crippen molar-refractivity contribution in [3.05, 3.63) is 48.9 Å². The molecule has 0 saturated carbocycles. The van der Waals surface area contributed by atoms with Crippen molar-refractivity contribution in [2.24, 2.45) is 0 Å². The topological polar surface area (TPSA) is 4.93 Å². The lowest BCUT2D eigenvalue weighted by atomic mass is 10.2. The van der Waals surface area contributed by atoms with Crippen LogP contribution in [0.4, 0.5) is 4.39 Å². The summed E-state index contributed by atoms with van der Waals surface area (Å²) in [6, 6.07) is 6.85. The number of nitrogens with zero attached hydrogens (tertiary/aromatic N) is 1. The van der Waals surface area contributed by atoms with Crippen LogP contribution in [0.1, 0.15) is 6.42 Å². The summed E-state index contributed by atoms with van der Waals surface area (Å²) in [7, 11) is 0. The van der Waals surface area contributed by atoms with Gasteiger partial charge in [-0.25, -0.2) is 4.39 Å². The van der Waals surface area contributed by atoms with Gasteiger partial charge in [0.15, 0.2) is 0 Å². The second kappa shape index (κ2) is 3.66. The molecule has 1 aromatic carbocycles. The number of halogens is 1. The number of allylic oxidation sites excluding steroid dienone is 1. The van der Waals surface area contributed by atoms with Crippen molar-refractivity contribution >= 4 is 10.9 Å². The Labute approximate surface area is 82.5 Å². The first kappa shape index (κ1) is 9.00. The lowest BCUT2D eigenvalue weighted by Crippen LogP contribution is -1.94. The van der Waals surface area contributed by atoms with Crippen molar-refractivity contribution in [2.45, 2.75) is 13.0 Å². The van der Waals surface area contributed by atoms with Crippen molar-refractivity contribution < 1.29 is 4.39 Å². The third kappa shape index (κ3) is 1.55. The van der Waals surface area contributed by atoms with Gasteiger partial charge in [-0.15, -0.1) is 6.58 Å². The molecule has 2 rings (SSSR count). The number of fused-ring (bicyclic) bond motifs is 1. The molecule has 0 N–H and O–H groups in total. The lowest BCUT2D eigenvalue weighted by Gasteiger charge is -2.02. The summed E-state index contributed by atoms with van der Waals surface area (Å²) in [5, 5.41) is 1.08. The van der Waals surface area contributed by atoms with Gasteiger partial charge in [0.1, 0.15) is 5.82 Å². The van der Waals surface area contributed by atoms with E-state index in [1.54, 1.807) is 12.1 Å². The van der Waals surface area contributed by atoms with Crippen LogP contribution in [0, 0.1) is 5.82 Å². The Morgan fingerprint density at radius 3 is 3.00 bits per heavy atom. The molecule has 14 heavy (non-hydrogen) atoms. The van der Waals surface area contributed by atoms with E-state index in [0.29, 0.717) is 0 Å². The van der Waals surface area contributed by atoms with E-state index in [2.05, 4.69) is 6.58 Å². The molecule has 72 valence electrons. The van der Waals surface area contributed by atoms with Crippen molar-refractivity contribution in [1.29, 1.82) is 0 Å². The van der Waals surface area contributed by atoms with E-state index in [-0.39, 0.29) is 5.82 Å². The molecule has 1 heterocycles. The number of benzene rings is 1. The number of hydrogen-bond donors (Lipinski definition) is 0. The SMILES string of the molecule is C=CCCn1ccc2ccc(F)cc21. The summed E-state index contributed by atoms with van der Waals surface area (Å²) in [6.07, 6.45) is 4.75. The fraction of sp³-hybridized carbons (Fsp3) is 0.167. The van der Waals surface area contributed by atoms with Crippen LogP contribution in [-0.4, -0.2) is 4.57 Å². The quantitative estimate of drug-likeness (QED) is 0.652. The Morgan fingerprint density at radius 2 is 2.21 bits per heavy atom. The largest absolute Gasteiger partial charge is 0.347 e. The number of rotatable bonds is 3. The molecule has 0 aliphatic heterocycles. The van der Waals surface area contributed by atoms with Crippen LogP contribution in [0.3, 0.4) is 0 Å². The smallest absolute Gasteiger partial charge is 0.125 e. The molecule has 1 aromatic heterocycles. The van der Waals surface area contributed by atoms with Crippen molar-refractivity contribution in [2.75, 3.05) is 0 Å². The second-order valence-electron chi connectivity index (χ2n) is 3.29. The van der Waals surface area contributed by atoms with Crippen molar-refractivity contribution in [1.82, 2.24) is 4.57 Å². The van der Waals surface area contributed by atoms with E-state index in [4.69, 9.17) is 0 Å².